The minimum atomic E-state index is 0.644. The Hall–Kier alpha value is -2.36. The van der Waals surface area contributed by atoms with Crippen LogP contribution in [0.15, 0.2) is 49.2 Å². The van der Waals surface area contributed by atoms with E-state index < -0.39 is 0 Å². The average molecular weight is 266 g/mol. The van der Waals surface area contributed by atoms with E-state index in [-0.39, 0.29) is 0 Å². The van der Waals surface area contributed by atoms with E-state index in [4.69, 9.17) is 0 Å². The number of benzene rings is 1. The second kappa shape index (κ2) is 5.74. The van der Waals surface area contributed by atoms with E-state index in [1.54, 1.807) is 12.3 Å². The lowest BCUT2D eigenvalue weighted by Crippen LogP contribution is -2.25. The van der Waals surface area contributed by atoms with Gasteiger partial charge in [0, 0.05) is 25.0 Å². The van der Waals surface area contributed by atoms with E-state index in [1.807, 2.05) is 6.07 Å². The van der Waals surface area contributed by atoms with Crippen molar-refractivity contribution in [3.63, 3.8) is 0 Å². The van der Waals surface area contributed by atoms with Gasteiger partial charge in [-0.3, -0.25) is 0 Å². The minimum Gasteiger partial charge on any atom is -0.351 e. The van der Waals surface area contributed by atoms with Crippen LogP contribution in [0, 0.1) is 0 Å². The molecule has 4 heteroatoms. The van der Waals surface area contributed by atoms with Crippen molar-refractivity contribution in [2.24, 2.45) is 0 Å². The van der Waals surface area contributed by atoms with E-state index in [1.165, 1.54) is 11.3 Å². The van der Waals surface area contributed by atoms with Gasteiger partial charge in [0.25, 0.3) is 0 Å². The van der Waals surface area contributed by atoms with Crippen molar-refractivity contribution < 1.29 is 0 Å². The molecule has 3 rings (SSSR count). The Morgan fingerprint density at radius 2 is 2.20 bits per heavy atom. The first-order valence-corrected chi connectivity index (χ1v) is 6.92. The van der Waals surface area contributed by atoms with Crippen molar-refractivity contribution in [2.45, 2.75) is 12.8 Å². The molecular formula is C16H18N4. The predicted octanol–water partition coefficient (Wildman–Crippen LogP) is 3.16. The number of hydrogen-bond donors (Lipinski definition) is 1. The fourth-order valence-electron chi connectivity index (χ4n) is 2.52. The third-order valence-corrected chi connectivity index (χ3v) is 3.43. The molecular weight excluding hydrogens is 248 g/mol. The largest absolute Gasteiger partial charge is 0.351 e. The number of hydrogen-bond acceptors (Lipinski definition) is 4. The van der Waals surface area contributed by atoms with Crippen LogP contribution < -0.4 is 10.2 Å². The predicted molar refractivity (Wildman–Crippen MR) is 82.5 cm³/mol. The summed E-state index contributed by atoms with van der Waals surface area (Å²) in [6, 6.07) is 10.5. The highest BCUT2D eigenvalue weighted by Gasteiger charge is 2.18. The Kier molecular flexibility index (Phi) is 3.63. The van der Waals surface area contributed by atoms with Crippen molar-refractivity contribution in [2.75, 3.05) is 23.3 Å². The van der Waals surface area contributed by atoms with E-state index >= 15 is 0 Å². The molecule has 2 heterocycles. The van der Waals surface area contributed by atoms with Gasteiger partial charge < -0.3 is 10.2 Å². The van der Waals surface area contributed by atoms with E-state index in [0.29, 0.717) is 12.5 Å². The summed E-state index contributed by atoms with van der Waals surface area (Å²) in [7, 11) is 0. The molecule has 4 nitrogen and oxygen atoms in total. The number of para-hydroxylation sites is 1. The minimum absolute atomic E-state index is 0.644. The first-order valence-electron chi connectivity index (χ1n) is 6.92. The maximum atomic E-state index is 4.59. The van der Waals surface area contributed by atoms with Crippen LogP contribution in [0.25, 0.3) is 0 Å². The first-order chi connectivity index (χ1) is 9.88. The average Bonchev–Trinajstić information content (AvgIpc) is 2.52. The topological polar surface area (TPSA) is 41.1 Å². The Morgan fingerprint density at radius 1 is 1.30 bits per heavy atom. The molecule has 0 aliphatic carbocycles. The highest BCUT2D eigenvalue weighted by molar-refractivity contribution is 5.65. The van der Waals surface area contributed by atoms with Gasteiger partial charge in [-0.2, -0.15) is 4.98 Å². The highest BCUT2D eigenvalue weighted by atomic mass is 15.2. The maximum absolute atomic E-state index is 4.59. The Bertz CT molecular complexity index is 609. The normalized spacial score (nSPS) is 13.7. The highest BCUT2D eigenvalue weighted by Crippen LogP contribution is 2.32. The standard InChI is InChI=1S/C16H18N4/c1-2-10-17-16-18-11-9-15(19-16)20-12-5-7-13-6-3-4-8-14(13)20/h2-4,6,8-9,11H,1,5,7,10,12H2,(H,17,18,19). The second-order valence-corrected chi connectivity index (χ2v) is 4.79. The van der Waals surface area contributed by atoms with Gasteiger partial charge in [0.15, 0.2) is 0 Å². The van der Waals surface area contributed by atoms with Crippen LogP contribution >= 0.6 is 0 Å². The van der Waals surface area contributed by atoms with Gasteiger partial charge in [-0.1, -0.05) is 24.3 Å². The van der Waals surface area contributed by atoms with Crippen molar-refractivity contribution in [1.29, 1.82) is 0 Å². The van der Waals surface area contributed by atoms with Crippen molar-refractivity contribution >= 4 is 17.5 Å². The SMILES string of the molecule is C=CCNc1nccc(N2CCCc3ccccc32)n1. The lowest BCUT2D eigenvalue weighted by molar-refractivity contribution is 0.759. The molecule has 0 amide bonds. The molecule has 1 aliphatic rings. The van der Waals surface area contributed by atoms with Crippen LogP contribution in [-0.4, -0.2) is 23.1 Å². The Morgan fingerprint density at radius 3 is 3.10 bits per heavy atom. The summed E-state index contributed by atoms with van der Waals surface area (Å²) in [5.74, 6) is 1.59. The van der Waals surface area contributed by atoms with Crippen molar-refractivity contribution in [3.8, 4) is 0 Å². The van der Waals surface area contributed by atoms with Gasteiger partial charge in [0.05, 0.1) is 0 Å². The van der Waals surface area contributed by atoms with Gasteiger partial charge in [0.1, 0.15) is 5.82 Å². The van der Waals surface area contributed by atoms with Gasteiger partial charge in [-0.05, 0) is 30.5 Å². The molecule has 0 unspecified atom stereocenters. The summed E-state index contributed by atoms with van der Waals surface area (Å²) in [4.78, 5) is 11.1. The Labute approximate surface area is 119 Å². The number of fused-ring (bicyclic) bond motifs is 1. The van der Waals surface area contributed by atoms with Crippen LogP contribution in [-0.2, 0) is 6.42 Å². The van der Waals surface area contributed by atoms with E-state index in [9.17, 15) is 0 Å². The summed E-state index contributed by atoms with van der Waals surface area (Å²) in [6.07, 6.45) is 5.88. The molecule has 0 bridgehead atoms. The Balaban J connectivity index is 1.92. The molecule has 0 spiro atoms. The van der Waals surface area contributed by atoms with Crippen LogP contribution in [0.4, 0.5) is 17.5 Å². The number of nitrogens with zero attached hydrogens (tertiary/aromatic N) is 3. The summed E-state index contributed by atoms with van der Waals surface area (Å²) in [5, 5.41) is 3.13. The maximum Gasteiger partial charge on any atom is 0.224 e. The van der Waals surface area contributed by atoms with Gasteiger partial charge in [-0.25, -0.2) is 4.98 Å². The molecule has 1 aliphatic heterocycles. The fraction of sp³-hybridized carbons (Fsp3) is 0.250. The quantitative estimate of drug-likeness (QED) is 0.863. The lowest BCUT2D eigenvalue weighted by Gasteiger charge is -2.30. The molecule has 0 saturated heterocycles. The number of rotatable bonds is 4. The number of nitrogens with one attached hydrogen (secondary N) is 1. The summed E-state index contributed by atoms with van der Waals surface area (Å²) in [6.45, 7) is 5.35. The molecule has 2 aromatic rings. The summed E-state index contributed by atoms with van der Waals surface area (Å²) in [5.41, 5.74) is 2.64. The zero-order valence-corrected chi connectivity index (χ0v) is 11.4. The van der Waals surface area contributed by atoms with Gasteiger partial charge >= 0.3 is 0 Å². The number of aryl methyl sites for hydroxylation is 1. The summed E-state index contributed by atoms with van der Waals surface area (Å²) >= 11 is 0. The molecule has 0 atom stereocenters. The van der Waals surface area contributed by atoms with Crippen LogP contribution in [0.1, 0.15) is 12.0 Å². The summed E-state index contributed by atoms with van der Waals surface area (Å²) < 4.78 is 0. The monoisotopic (exact) mass is 266 g/mol. The molecule has 102 valence electrons. The lowest BCUT2D eigenvalue weighted by atomic mass is 10.0. The third kappa shape index (κ3) is 2.50. The van der Waals surface area contributed by atoms with Crippen LogP contribution in [0.2, 0.25) is 0 Å². The zero-order chi connectivity index (χ0) is 13.8. The van der Waals surface area contributed by atoms with Gasteiger partial charge in [-0.15, -0.1) is 6.58 Å². The third-order valence-electron chi connectivity index (χ3n) is 3.43. The molecule has 1 N–H and O–H groups in total. The van der Waals surface area contributed by atoms with Crippen LogP contribution in [0.3, 0.4) is 0 Å². The zero-order valence-electron chi connectivity index (χ0n) is 11.4. The van der Waals surface area contributed by atoms with E-state index in [0.717, 1.165) is 25.2 Å². The fourth-order valence-corrected chi connectivity index (χ4v) is 2.52. The molecule has 1 aromatic carbocycles. The van der Waals surface area contributed by atoms with Gasteiger partial charge in [0.2, 0.25) is 5.95 Å². The first kappa shape index (κ1) is 12.7. The molecule has 0 fully saturated rings. The molecule has 0 radical (unpaired) electrons. The van der Waals surface area contributed by atoms with E-state index in [2.05, 4.69) is 51.0 Å². The molecule has 1 aromatic heterocycles. The second-order valence-electron chi connectivity index (χ2n) is 4.79. The van der Waals surface area contributed by atoms with Crippen molar-refractivity contribution in [1.82, 2.24) is 9.97 Å². The van der Waals surface area contributed by atoms with Crippen LogP contribution in [0.5, 0.6) is 0 Å². The molecule has 0 saturated carbocycles. The number of anilines is 3. The van der Waals surface area contributed by atoms with Crippen molar-refractivity contribution in [3.05, 3.63) is 54.7 Å². The smallest absolute Gasteiger partial charge is 0.224 e. The number of aromatic nitrogens is 2. The molecule has 20 heavy (non-hydrogen) atoms.